The summed E-state index contributed by atoms with van der Waals surface area (Å²) in [5.74, 6) is 0.943. The van der Waals surface area contributed by atoms with Gasteiger partial charge >= 0.3 is 0 Å². The fourth-order valence-electron chi connectivity index (χ4n) is 12.5. The number of morpholine rings is 1. The highest BCUT2D eigenvalue weighted by Crippen LogP contribution is 2.41. The van der Waals surface area contributed by atoms with Crippen LogP contribution in [0.1, 0.15) is 137 Å². The second kappa shape index (κ2) is 26.3. The number of aliphatic hydroxyl groups excluding tert-OH is 1. The van der Waals surface area contributed by atoms with Crippen molar-refractivity contribution >= 4 is 11.5 Å². The predicted octanol–water partition coefficient (Wildman–Crippen LogP) is 5.98. The zero-order chi connectivity index (χ0) is 50.0. The minimum Gasteiger partial charge on any atom is -0.376 e. The summed E-state index contributed by atoms with van der Waals surface area (Å²) in [4.78, 5) is 38.1. The van der Waals surface area contributed by atoms with Gasteiger partial charge in [0.1, 0.15) is 18.2 Å². The monoisotopic (exact) mass is 984 g/mol. The van der Waals surface area contributed by atoms with Crippen molar-refractivity contribution < 1.29 is 33.2 Å². The molecule has 2 aliphatic carbocycles. The molecule has 0 radical (unpaired) electrons. The fraction of sp³-hybridized carbons (Fsp3) is 0.855. The quantitative estimate of drug-likeness (QED) is 0.0957. The van der Waals surface area contributed by atoms with Crippen LogP contribution >= 0.6 is 0 Å². The number of anilines is 1. The summed E-state index contributed by atoms with van der Waals surface area (Å²) in [5.41, 5.74) is 3.57. The van der Waals surface area contributed by atoms with Crippen molar-refractivity contribution in [3.05, 3.63) is 39.3 Å². The number of Topliss-reactive ketones (excluding diaryl/α,β-unsaturated/α-hetero) is 1. The Morgan fingerprint density at radius 3 is 2.43 bits per heavy atom. The molecule has 10 atom stereocenters. The average molecular weight is 984 g/mol. The molecule has 398 valence electrons. The highest BCUT2D eigenvalue weighted by molar-refractivity contribution is 5.77. The zero-order valence-electron chi connectivity index (χ0n) is 44.5. The normalized spacial score (nSPS) is 32.2. The standard InChI is InChI=1S/C55H94FN7O7/c1-9-17-67-49(34-69-47-21-41(11-3)22-48(25-47)70-35-50-32-60(16-18-68-50)31-46-27-58-37(4)28-61(46)30-39(6)64)23-40(10-2)20-45-26-57-38(5)29-62(45)33-52(65)63-36-55(7,8)53-51(63)24-43(54(66)59-53)19-42-12-14-44(56)15-13-42/h11,24,37-38,40,42,44-50,52,57-58,65H,9-10,12-23,25-36H2,1-8H3,(H,59,66)/b41-11+/t37-,38-,40?,42?,44?,45+,46?,47?,48?,49+,50+,52?/m1/s1. The summed E-state index contributed by atoms with van der Waals surface area (Å²) < 4.78 is 40.2. The number of aliphatic hydroxyl groups is 1. The van der Waals surface area contributed by atoms with E-state index in [1.165, 1.54) is 5.57 Å². The Hall–Kier alpha value is -2.31. The number of rotatable bonds is 23. The van der Waals surface area contributed by atoms with Crippen LogP contribution in [0, 0.1) is 11.8 Å². The fourth-order valence-corrected chi connectivity index (χ4v) is 12.5. The number of H-pyrrole nitrogens is 1. The van der Waals surface area contributed by atoms with Gasteiger partial charge in [0, 0.05) is 113 Å². The number of halogens is 1. The van der Waals surface area contributed by atoms with Gasteiger partial charge in [0.15, 0.2) is 0 Å². The molecule has 3 saturated heterocycles. The Morgan fingerprint density at radius 1 is 1.01 bits per heavy atom. The van der Waals surface area contributed by atoms with Crippen LogP contribution in [0.25, 0.3) is 0 Å². The van der Waals surface area contributed by atoms with Crippen molar-refractivity contribution in [1.29, 1.82) is 0 Å². The van der Waals surface area contributed by atoms with Crippen molar-refractivity contribution in [1.82, 2.24) is 30.3 Å². The highest BCUT2D eigenvalue weighted by atomic mass is 19.1. The van der Waals surface area contributed by atoms with Crippen LogP contribution in [0.5, 0.6) is 0 Å². The van der Waals surface area contributed by atoms with Crippen LogP contribution in [0.4, 0.5) is 10.1 Å². The van der Waals surface area contributed by atoms with Gasteiger partial charge < -0.3 is 44.6 Å². The molecule has 0 aromatic carbocycles. The second-order valence-corrected chi connectivity index (χ2v) is 23.2. The molecule has 4 N–H and O–H groups in total. The Morgan fingerprint density at radius 2 is 1.73 bits per heavy atom. The summed E-state index contributed by atoms with van der Waals surface area (Å²) >= 11 is 0. The third-order valence-electron chi connectivity index (χ3n) is 16.5. The number of fused-ring (bicyclic) bond motifs is 1. The lowest BCUT2D eigenvalue weighted by Crippen LogP contribution is -2.61. The number of hydrogen-bond acceptors (Lipinski definition) is 13. The Balaban J connectivity index is 0.919. The van der Waals surface area contributed by atoms with Gasteiger partial charge in [-0.1, -0.05) is 45.8 Å². The first kappa shape index (κ1) is 55.4. The van der Waals surface area contributed by atoms with Gasteiger partial charge in [-0.3, -0.25) is 24.3 Å². The minimum absolute atomic E-state index is 0.00911. The maximum atomic E-state index is 13.9. The van der Waals surface area contributed by atoms with E-state index in [9.17, 15) is 19.1 Å². The number of carbonyl (C=O) groups excluding carboxylic acids is 1. The molecule has 0 amide bonds. The Labute approximate surface area is 420 Å². The number of hydrogen-bond donors (Lipinski definition) is 4. The molecule has 5 fully saturated rings. The first-order valence-corrected chi connectivity index (χ1v) is 27.7. The molecule has 14 nitrogen and oxygen atoms in total. The first-order chi connectivity index (χ1) is 33.6. The largest absolute Gasteiger partial charge is 0.376 e. The number of aromatic nitrogens is 1. The molecule has 15 heteroatoms. The lowest BCUT2D eigenvalue weighted by Gasteiger charge is -2.43. The maximum absolute atomic E-state index is 13.9. The number of pyridine rings is 1. The number of carbonyl (C=O) groups is 1. The van der Waals surface area contributed by atoms with Crippen LogP contribution < -0.4 is 21.1 Å². The molecule has 0 spiro atoms. The van der Waals surface area contributed by atoms with Crippen molar-refractivity contribution in [3.8, 4) is 0 Å². The number of alkyl halides is 1. The van der Waals surface area contributed by atoms with Gasteiger partial charge in [0.05, 0.1) is 56.5 Å². The molecule has 1 aromatic heterocycles. The van der Waals surface area contributed by atoms with Gasteiger partial charge in [-0.2, -0.15) is 0 Å². The molecular weight excluding hydrogens is 890 g/mol. The third-order valence-corrected chi connectivity index (χ3v) is 16.5. The molecule has 1 aromatic rings. The molecule has 70 heavy (non-hydrogen) atoms. The Kier molecular flexibility index (Phi) is 20.8. The number of nitrogens with one attached hydrogen (secondary N) is 3. The molecular formula is C55H94FN7O7. The van der Waals surface area contributed by atoms with Crippen molar-refractivity contribution in [2.45, 2.75) is 199 Å². The van der Waals surface area contributed by atoms with Gasteiger partial charge in [0.2, 0.25) is 0 Å². The van der Waals surface area contributed by atoms with Crippen LogP contribution in [0.3, 0.4) is 0 Å². The number of ketones is 1. The maximum Gasteiger partial charge on any atom is 0.251 e. The molecule has 2 saturated carbocycles. The van der Waals surface area contributed by atoms with Crippen molar-refractivity contribution in [3.63, 3.8) is 0 Å². The minimum atomic E-state index is -0.739. The van der Waals surface area contributed by atoms with Crippen molar-refractivity contribution in [2.24, 2.45) is 11.8 Å². The van der Waals surface area contributed by atoms with Crippen LogP contribution in [-0.2, 0) is 35.6 Å². The summed E-state index contributed by atoms with van der Waals surface area (Å²) in [6.07, 6.45) is 10.9. The van der Waals surface area contributed by atoms with E-state index < -0.39 is 12.4 Å². The van der Waals surface area contributed by atoms with Crippen LogP contribution in [0.2, 0.25) is 0 Å². The lowest BCUT2D eigenvalue weighted by atomic mass is 9.84. The van der Waals surface area contributed by atoms with Crippen LogP contribution in [0.15, 0.2) is 22.5 Å². The van der Waals surface area contributed by atoms with Gasteiger partial charge in [-0.05, 0) is 110 Å². The van der Waals surface area contributed by atoms with Crippen LogP contribution in [-0.4, -0.2) is 183 Å². The first-order valence-electron chi connectivity index (χ1n) is 27.7. The third kappa shape index (κ3) is 15.6. The molecule has 6 aliphatic rings. The molecule has 7 rings (SSSR count). The van der Waals surface area contributed by atoms with E-state index in [2.05, 4.69) is 89.8 Å². The number of aromatic amines is 1. The van der Waals surface area contributed by atoms with E-state index >= 15 is 0 Å². The summed E-state index contributed by atoms with van der Waals surface area (Å²) in [7, 11) is 0. The van der Waals surface area contributed by atoms with Gasteiger partial charge in [-0.15, -0.1) is 0 Å². The van der Waals surface area contributed by atoms with E-state index in [0.29, 0.717) is 95.3 Å². The molecule has 4 aliphatic heterocycles. The lowest BCUT2D eigenvalue weighted by molar-refractivity contribution is -0.120. The predicted molar refractivity (Wildman–Crippen MR) is 277 cm³/mol. The van der Waals surface area contributed by atoms with E-state index in [-0.39, 0.29) is 47.2 Å². The number of ether oxygens (including phenoxy) is 4. The topological polar surface area (TPSA) is 144 Å². The summed E-state index contributed by atoms with van der Waals surface area (Å²) in [6.45, 7) is 27.2. The Bertz CT molecular complexity index is 1880. The summed E-state index contributed by atoms with van der Waals surface area (Å²) in [5, 5.41) is 19.5. The van der Waals surface area contributed by atoms with Gasteiger partial charge in [0.25, 0.3) is 5.56 Å². The molecule has 5 unspecified atom stereocenters. The SMILES string of the molecule is C/C=C1\CC(OC[C@H](CC(CC)C[C@H]2CN[C@H](C)CN2CC(O)N2CC(C)(C)c3[nH]c(=O)c(CC4CCC(F)CC4)cc32)OCCC)CC(OC[C@@H]2CN(CC3CN[C@H](C)CN3CC(C)=O)CCO2)C1. The van der Waals surface area contributed by atoms with E-state index in [1.807, 2.05) is 6.07 Å². The second-order valence-electron chi connectivity index (χ2n) is 23.2. The highest BCUT2D eigenvalue weighted by Gasteiger charge is 2.41. The van der Waals surface area contributed by atoms with E-state index in [1.54, 1.807) is 6.92 Å². The summed E-state index contributed by atoms with van der Waals surface area (Å²) in [6, 6.07) is 3.27. The van der Waals surface area contributed by atoms with Gasteiger partial charge in [-0.25, -0.2) is 4.39 Å². The number of allylic oxidation sites excluding steroid dienone is 1. The number of nitrogens with zero attached hydrogens (tertiary/aromatic N) is 4. The van der Waals surface area contributed by atoms with E-state index in [0.717, 1.165) is 121 Å². The molecule has 5 heterocycles. The smallest absolute Gasteiger partial charge is 0.251 e. The molecule has 0 bridgehead atoms. The number of β-amino-alcohol motifs (C(OH)–C–C–N with tert-alkyl or cyclic N) is 1. The number of piperazine rings is 2. The zero-order valence-corrected chi connectivity index (χ0v) is 44.5. The van der Waals surface area contributed by atoms with E-state index in [4.69, 9.17) is 18.9 Å². The average Bonchev–Trinajstić information content (AvgIpc) is 3.59. The van der Waals surface area contributed by atoms with Crippen molar-refractivity contribution in [2.75, 3.05) is 96.8 Å².